The number of nitrogens with zero attached hydrogens (tertiary/aromatic N) is 3. The predicted octanol–water partition coefficient (Wildman–Crippen LogP) is 2.93. The minimum absolute atomic E-state index is 0.124. The van der Waals surface area contributed by atoms with Gasteiger partial charge in [0.15, 0.2) is 0 Å². The lowest BCUT2D eigenvalue weighted by Crippen LogP contribution is -2.37. The normalized spacial score (nSPS) is 19.0. The Hall–Kier alpha value is -2.09. The van der Waals surface area contributed by atoms with Gasteiger partial charge in [0.05, 0.1) is 5.69 Å². The molecule has 0 aliphatic carbocycles. The summed E-state index contributed by atoms with van der Waals surface area (Å²) in [4.78, 5) is 16.3. The highest BCUT2D eigenvalue weighted by molar-refractivity contribution is 5.76. The number of benzene rings is 1. The Morgan fingerprint density at radius 3 is 2.57 bits per heavy atom. The molecule has 0 saturated carbocycles. The quantitative estimate of drug-likeness (QED) is 0.861. The molecule has 122 valence electrons. The van der Waals surface area contributed by atoms with Crippen LogP contribution < -0.4 is 4.90 Å². The van der Waals surface area contributed by atoms with Crippen molar-refractivity contribution in [1.29, 1.82) is 5.26 Å². The molecular formula is C18H22FN3O. The van der Waals surface area contributed by atoms with Crippen LogP contribution in [0.4, 0.5) is 10.1 Å². The Labute approximate surface area is 136 Å². The zero-order valence-corrected chi connectivity index (χ0v) is 13.3. The lowest BCUT2D eigenvalue weighted by atomic mass is 9.92. The fraction of sp³-hybridized carbons (Fsp3) is 0.556. The van der Waals surface area contributed by atoms with Crippen LogP contribution >= 0.6 is 0 Å². The maximum absolute atomic E-state index is 13.7. The van der Waals surface area contributed by atoms with Crippen molar-refractivity contribution >= 4 is 11.6 Å². The van der Waals surface area contributed by atoms with Crippen molar-refractivity contribution in [3.8, 4) is 6.07 Å². The van der Waals surface area contributed by atoms with Gasteiger partial charge in [0, 0.05) is 32.6 Å². The number of amides is 1. The van der Waals surface area contributed by atoms with Gasteiger partial charge < -0.3 is 9.80 Å². The molecule has 0 aromatic heterocycles. The Kier molecular flexibility index (Phi) is 4.80. The molecule has 3 rings (SSSR count). The summed E-state index contributed by atoms with van der Waals surface area (Å²) in [5.41, 5.74) is 0.802. The van der Waals surface area contributed by atoms with E-state index in [-0.39, 0.29) is 11.5 Å². The number of likely N-dealkylation sites (tertiary alicyclic amines) is 1. The Bertz CT molecular complexity index is 611. The van der Waals surface area contributed by atoms with Crippen LogP contribution in [0.2, 0.25) is 0 Å². The fourth-order valence-corrected chi connectivity index (χ4v) is 3.61. The average molecular weight is 315 g/mol. The van der Waals surface area contributed by atoms with E-state index in [9.17, 15) is 9.18 Å². The summed E-state index contributed by atoms with van der Waals surface area (Å²) >= 11 is 0. The molecular weight excluding hydrogens is 293 g/mol. The Morgan fingerprint density at radius 1 is 1.22 bits per heavy atom. The molecule has 0 N–H and O–H groups in total. The van der Waals surface area contributed by atoms with Crippen LogP contribution in [0.3, 0.4) is 0 Å². The minimum atomic E-state index is -0.462. The van der Waals surface area contributed by atoms with Gasteiger partial charge in [-0.1, -0.05) is 6.07 Å². The second-order valence-corrected chi connectivity index (χ2v) is 6.47. The molecule has 2 saturated heterocycles. The number of rotatable bonds is 3. The molecule has 2 aliphatic rings. The van der Waals surface area contributed by atoms with Gasteiger partial charge in [0.25, 0.3) is 0 Å². The first-order valence-electron chi connectivity index (χ1n) is 8.40. The van der Waals surface area contributed by atoms with Gasteiger partial charge in [-0.25, -0.2) is 4.39 Å². The van der Waals surface area contributed by atoms with Crippen molar-refractivity contribution in [2.45, 2.75) is 32.1 Å². The highest BCUT2D eigenvalue weighted by atomic mass is 19.1. The second-order valence-electron chi connectivity index (χ2n) is 6.47. The number of nitriles is 1. The molecule has 1 aromatic rings. The molecule has 2 aliphatic heterocycles. The largest absolute Gasteiger partial charge is 0.370 e. The molecule has 2 fully saturated rings. The molecule has 2 heterocycles. The maximum Gasteiger partial charge on any atom is 0.222 e. The first-order chi connectivity index (χ1) is 11.2. The van der Waals surface area contributed by atoms with Gasteiger partial charge in [0.1, 0.15) is 17.4 Å². The smallest absolute Gasteiger partial charge is 0.222 e. The molecule has 5 heteroatoms. The van der Waals surface area contributed by atoms with E-state index < -0.39 is 5.82 Å². The van der Waals surface area contributed by atoms with Gasteiger partial charge in [-0.05, 0) is 43.7 Å². The van der Waals surface area contributed by atoms with Crippen LogP contribution in [0.1, 0.15) is 37.7 Å². The number of hydrogen-bond donors (Lipinski definition) is 0. The van der Waals surface area contributed by atoms with Crippen molar-refractivity contribution in [2.75, 3.05) is 31.1 Å². The summed E-state index contributed by atoms with van der Waals surface area (Å²) < 4.78 is 13.7. The van der Waals surface area contributed by atoms with E-state index in [1.807, 2.05) is 11.0 Å². The highest BCUT2D eigenvalue weighted by Crippen LogP contribution is 2.29. The van der Waals surface area contributed by atoms with Gasteiger partial charge in [-0.3, -0.25) is 4.79 Å². The number of hydrogen-bond acceptors (Lipinski definition) is 3. The van der Waals surface area contributed by atoms with Crippen LogP contribution in [-0.2, 0) is 4.79 Å². The van der Waals surface area contributed by atoms with E-state index in [0.29, 0.717) is 18.0 Å². The highest BCUT2D eigenvalue weighted by Gasteiger charge is 2.26. The molecule has 23 heavy (non-hydrogen) atoms. The van der Waals surface area contributed by atoms with Crippen molar-refractivity contribution in [2.24, 2.45) is 5.92 Å². The molecule has 0 spiro atoms. The Balaban J connectivity index is 1.57. The van der Waals surface area contributed by atoms with Crippen LogP contribution in [0.25, 0.3) is 0 Å². The number of piperidine rings is 1. The van der Waals surface area contributed by atoms with E-state index in [0.717, 1.165) is 51.9 Å². The number of carbonyl (C=O) groups excluding carboxylic acids is 1. The van der Waals surface area contributed by atoms with Crippen LogP contribution in [-0.4, -0.2) is 37.0 Å². The third kappa shape index (κ3) is 3.47. The average Bonchev–Trinajstić information content (AvgIpc) is 3.10. The molecule has 0 atom stereocenters. The van der Waals surface area contributed by atoms with Gasteiger partial charge >= 0.3 is 0 Å². The SMILES string of the molecule is N#Cc1c(F)cccc1N1CCC(CC(=O)N2CCCC2)CC1. The zero-order valence-electron chi connectivity index (χ0n) is 13.3. The van der Waals surface area contributed by atoms with Crippen molar-refractivity contribution < 1.29 is 9.18 Å². The molecule has 1 amide bonds. The Morgan fingerprint density at radius 2 is 1.91 bits per heavy atom. The van der Waals surface area contributed by atoms with E-state index in [2.05, 4.69) is 4.90 Å². The monoisotopic (exact) mass is 315 g/mol. The summed E-state index contributed by atoms with van der Waals surface area (Å²) in [7, 11) is 0. The molecule has 0 radical (unpaired) electrons. The summed E-state index contributed by atoms with van der Waals surface area (Å²) in [6.45, 7) is 3.37. The number of halogens is 1. The maximum atomic E-state index is 13.7. The third-order valence-electron chi connectivity index (χ3n) is 4.98. The van der Waals surface area contributed by atoms with Crippen LogP contribution in [0, 0.1) is 23.1 Å². The summed E-state index contributed by atoms with van der Waals surface area (Å²) in [5.74, 6) is 0.221. The van der Waals surface area contributed by atoms with Crippen molar-refractivity contribution in [3.63, 3.8) is 0 Å². The van der Waals surface area contributed by atoms with Gasteiger partial charge in [-0.15, -0.1) is 0 Å². The lowest BCUT2D eigenvalue weighted by molar-refractivity contribution is -0.131. The molecule has 0 unspecified atom stereocenters. The van der Waals surface area contributed by atoms with Gasteiger partial charge in [-0.2, -0.15) is 5.26 Å². The summed E-state index contributed by atoms with van der Waals surface area (Å²) in [5, 5.41) is 9.16. The lowest BCUT2D eigenvalue weighted by Gasteiger charge is -2.34. The molecule has 1 aromatic carbocycles. The third-order valence-corrected chi connectivity index (χ3v) is 4.98. The minimum Gasteiger partial charge on any atom is -0.370 e. The second kappa shape index (κ2) is 6.99. The van der Waals surface area contributed by atoms with E-state index in [1.54, 1.807) is 12.1 Å². The van der Waals surface area contributed by atoms with Crippen molar-refractivity contribution in [3.05, 3.63) is 29.6 Å². The topological polar surface area (TPSA) is 47.3 Å². The predicted molar refractivity (Wildman–Crippen MR) is 86.5 cm³/mol. The number of anilines is 1. The van der Waals surface area contributed by atoms with Crippen LogP contribution in [0.5, 0.6) is 0 Å². The fourth-order valence-electron chi connectivity index (χ4n) is 3.61. The molecule has 4 nitrogen and oxygen atoms in total. The van der Waals surface area contributed by atoms with Crippen LogP contribution in [0.15, 0.2) is 18.2 Å². The first-order valence-corrected chi connectivity index (χ1v) is 8.40. The standard InChI is InChI=1S/C18H22FN3O/c19-16-4-3-5-17(15(16)13-20)21-10-6-14(7-11-21)12-18(23)22-8-1-2-9-22/h3-5,14H,1-2,6-12H2. The zero-order chi connectivity index (χ0) is 16.2. The van der Waals surface area contributed by atoms with Gasteiger partial charge in [0.2, 0.25) is 5.91 Å². The van der Waals surface area contributed by atoms with E-state index >= 15 is 0 Å². The first kappa shape index (κ1) is 15.8. The van der Waals surface area contributed by atoms with E-state index in [1.165, 1.54) is 6.07 Å². The number of carbonyl (C=O) groups is 1. The summed E-state index contributed by atoms with van der Waals surface area (Å²) in [6.07, 6.45) is 4.71. The van der Waals surface area contributed by atoms with E-state index in [4.69, 9.17) is 5.26 Å². The van der Waals surface area contributed by atoms with Crippen molar-refractivity contribution in [1.82, 2.24) is 4.90 Å². The molecule has 0 bridgehead atoms. The summed E-state index contributed by atoms with van der Waals surface area (Å²) in [6, 6.07) is 6.74.